The maximum atomic E-state index is 5.83. The topological polar surface area (TPSA) is 34.4 Å². The molecule has 1 saturated heterocycles. The van der Waals surface area contributed by atoms with E-state index in [1.54, 1.807) is 11.8 Å². The fourth-order valence-corrected chi connectivity index (χ4v) is 3.13. The minimum absolute atomic E-state index is 0.450. The Labute approximate surface area is 113 Å². The molecule has 4 heteroatoms. The molecule has 1 saturated carbocycles. The summed E-state index contributed by atoms with van der Waals surface area (Å²) in [6, 6.07) is 4.68. The van der Waals surface area contributed by atoms with Crippen LogP contribution in [0.1, 0.15) is 30.8 Å². The summed E-state index contributed by atoms with van der Waals surface area (Å²) < 4.78 is 11.6. The van der Waals surface area contributed by atoms with E-state index in [2.05, 4.69) is 23.7 Å². The Kier molecular flexibility index (Phi) is 3.97. The van der Waals surface area contributed by atoms with Gasteiger partial charge in [0.05, 0.1) is 18.4 Å². The number of rotatable bonds is 6. The molecule has 0 spiro atoms. The first-order chi connectivity index (χ1) is 8.86. The van der Waals surface area contributed by atoms with Crippen molar-refractivity contribution < 1.29 is 9.15 Å². The highest BCUT2D eigenvalue weighted by atomic mass is 32.2. The predicted octanol–water partition coefficient (Wildman–Crippen LogP) is 2.80. The molecular weight excluding hydrogens is 246 g/mol. The SMILES string of the molecule is CSCc1ccc(CNC2CCOC2C2CC2)o1. The largest absolute Gasteiger partial charge is 0.464 e. The average Bonchev–Trinajstić information content (AvgIpc) is 2.94. The molecule has 2 unspecified atom stereocenters. The fourth-order valence-electron chi connectivity index (χ4n) is 2.69. The number of ether oxygens (including phenoxy) is 1. The molecule has 100 valence electrons. The number of thioether (sulfide) groups is 1. The maximum Gasteiger partial charge on any atom is 0.118 e. The van der Waals surface area contributed by atoms with Gasteiger partial charge in [-0.25, -0.2) is 0 Å². The third kappa shape index (κ3) is 2.92. The van der Waals surface area contributed by atoms with Crippen LogP contribution in [-0.4, -0.2) is 25.0 Å². The van der Waals surface area contributed by atoms with E-state index in [0.717, 1.165) is 42.8 Å². The van der Waals surface area contributed by atoms with Gasteiger partial charge in [0.2, 0.25) is 0 Å². The highest BCUT2D eigenvalue weighted by Gasteiger charge is 2.40. The van der Waals surface area contributed by atoms with Gasteiger partial charge in [0.1, 0.15) is 11.5 Å². The van der Waals surface area contributed by atoms with Gasteiger partial charge in [0, 0.05) is 12.6 Å². The number of furan rings is 1. The van der Waals surface area contributed by atoms with Gasteiger partial charge < -0.3 is 14.5 Å². The molecule has 3 rings (SSSR count). The van der Waals surface area contributed by atoms with E-state index in [1.807, 2.05) is 0 Å². The van der Waals surface area contributed by atoms with E-state index in [0.29, 0.717) is 12.1 Å². The lowest BCUT2D eigenvalue weighted by Crippen LogP contribution is -2.37. The van der Waals surface area contributed by atoms with Crippen LogP contribution in [0.25, 0.3) is 0 Å². The summed E-state index contributed by atoms with van der Waals surface area (Å²) in [5, 5.41) is 3.60. The first-order valence-electron chi connectivity index (χ1n) is 6.78. The van der Waals surface area contributed by atoms with Gasteiger partial charge in [0.15, 0.2) is 0 Å². The lowest BCUT2D eigenvalue weighted by atomic mass is 10.1. The second-order valence-corrected chi connectivity index (χ2v) is 6.12. The van der Waals surface area contributed by atoms with Gasteiger partial charge in [0.25, 0.3) is 0 Å². The van der Waals surface area contributed by atoms with Crippen LogP contribution in [0.4, 0.5) is 0 Å². The second-order valence-electron chi connectivity index (χ2n) is 5.25. The molecule has 2 aliphatic rings. The molecule has 0 aromatic carbocycles. The van der Waals surface area contributed by atoms with Crippen LogP contribution < -0.4 is 5.32 Å². The van der Waals surface area contributed by atoms with Gasteiger partial charge in [-0.15, -0.1) is 0 Å². The van der Waals surface area contributed by atoms with Crippen LogP contribution in [0.15, 0.2) is 16.5 Å². The molecular formula is C14H21NO2S. The van der Waals surface area contributed by atoms with Gasteiger partial charge in [-0.2, -0.15) is 11.8 Å². The normalized spacial score (nSPS) is 27.8. The zero-order chi connectivity index (χ0) is 12.4. The Balaban J connectivity index is 1.50. The smallest absolute Gasteiger partial charge is 0.118 e. The third-order valence-corrected chi connectivity index (χ3v) is 4.34. The molecule has 0 bridgehead atoms. The summed E-state index contributed by atoms with van der Waals surface area (Å²) in [5.41, 5.74) is 0. The minimum atomic E-state index is 0.450. The molecule has 1 N–H and O–H groups in total. The Bertz CT molecular complexity index is 389. The van der Waals surface area contributed by atoms with E-state index < -0.39 is 0 Å². The van der Waals surface area contributed by atoms with Crippen LogP contribution in [0.3, 0.4) is 0 Å². The highest BCUT2D eigenvalue weighted by molar-refractivity contribution is 7.97. The fraction of sp³-hybridized carbons (Fsp3) is 0.714. The number of hydrogen-bond donors (Lipinski definition) is 1. The second kappa shape index (κ2) is 5.68. The summed E-state index contributed by atoms with van der Waals surface area (Å²) in [4.78, 5) is 0. The van der Waals surface area contributed by atoms with Crippen molar-refractivity contribution in [1.82, 2.24) is 5.32 Å². The number of hydrogen-bond acceptors (Lipinski definition) is 4. The lowest BCUT2D eigenvalue weighted by Gasteiger charge is -2.18. The molecule has 0 radical (unpaired) electrons. The average molecular weight is 267 g/mol. The molecule has 0 amide bonds. The monoisotopic (exact) mass is 267 g/mol. The van der Waals surface area contributed by atoms with Crippen molar-refractivity contribution >= 4 is 11.8 Å². The Hall–Kier alpha value is -0.450. The molecule has 1 aliphatic heterocycles. The standard InChI is InChI=1S/C14H21NO2S/c1-18-9-12-5-4-11(17-12)8-15-13-6-7-16-14(13)10-2-3-10/h4-5,10,13-15H,2-3,6-9H2,1H3. The zero-order valence-electron chi connectivity index (χ0n) is 10.9. The Morgan fingerprint density at radius 1 is 1.28 bits per heavy atom. The van der Waals surface area contributed by atoms with Crippen molar-refractivity contribution in [2.75, 3.05) is 12.9 Å². The van der Waals surface area contributed by atoms with Gasteiger partial charge in [-0.05, 0) is 43.6 Å². The van der Waals surface area contributed by atoms with E-state index in [4.69, 9.17) is 9.15 Å². The maximum absolute atomic E-state index is 5.83. The number of nitrogens with one attached hydrogen (secondary N) is 1. The van der Waals surface area contributed by atoms with Crippen molar-refractivity contribution in [3.8, 4) is 0 Å². The molecule has 3 nitrogen and oxygen atoms in total. The lowest BCUT2D eigenvalue weighted by molar-refractivity contribution is 0.0805. The van der Waals surface area contributed by atoms with Gasteiger partial charge >= 0.3 is 0 Å². The Morgan fingerprint density at radius 3 is 2.89 bits per heavy atom. The predicted molar refractivity (Wildman–Crippen MR) is 73.6 cm³/mol. The van der Waals surface area contributed by atoms with Crippen LogP contribution in [0.5, 0.6) is 0 Å². The molecule has 2 atom stereocenters. The van der Waals surface area contributed by atoms with Crippen molar-refractivity contribution in [2.24, 2.45) is 5.92 Å². The summed E-state index contributed by atoms with van der Waals surface area (Å²) in [6.45, 7) is 1.74. The van der Waals surface area contributed by atoms with Crippen molar-refractivity contribution in [1.29, 1.82) is 0 Å². The first kappa shape index (κ1) is 12.6. The Morgan fingerprint density at radius 2 is 2.11 bits per heavy atom. The first-order valence-corrected chi connectivity index (χ1v) is 8.17. The van der Waals surface area contributed by atoms with Crippen molar-refractivity contribution in [3.63, 3.8) is 0 Å². The summed E-state index contributed by atoms with van der Waals surface area (Å²) in [6.07, 6.45) is 6.38. The van der Waals surface area contributed by atoms with Crippen LogP contribution in [0.2, 0.25) is 0 Å². The molecule has 2 heterocycles. The summed E-state index contributed by atoms with van der Waals surface area (Å²) >= 11 is 1.79. The van der Waals surface area contributed by atoms with Gasteiger partial charge in [-0.1, -0.05) is 0 Å². The van der Waals surface area contributed by atoms with Crippen LogP contribution in [0, 0.1) is 5.92 Å². The molecule has 1 aromatic heterocycles. The van der Waals surface area contributed by atoms with E-state index >= 15 is 0 Å². The molecule has 1 aliphatic carbocycles. The summed E-state index contributed by atoms with van der Waals surface area (Å²) in [5.74, 6) is 3.88. The quantitative estimate of drug-likeness (QED) is 0.859. The van der Waals surface area contributed by atoms with E-state index in [1.165, 1.54) is 12.8 Å². The molecule has 2 fully saturated rings. The van der Waals surface area contributed by atoms with E-state index in [-0.39, 0.29) is 0 Å². The minimum Gasteiger partial charge on any atom is -0.464 e. The van der Waals surface area contributed by atoms with Gasteiger partial charge in [-0.3, -0.25) is 0 Å². The highest BCUT2D eigenvalue weighted by Crippen LogP contribution is 2.38. The zero-order valence-corrected chi connectivity index (χ0v) is 11.7. The third-order valence-electron chi connectivity index (χ3n) is 3.76. The van der Waals surface area contributed by atoms with Crippen molar-refractivity contribution in [3.05, 3.63) is 23.7 Å². The van der Waals surface area contributed by atoms with Crippen LogP contribution >= 0.6 is 11.8 Å². The van der Waals surface area contributed by atoms with E-state index in [9.17, 15) is 0 Å². The molecule has 1 aromatic rings. The van der Waals surface area contributed by atoms with Crippen molar-refractivity contribution in [2.45, 2.75) is 43.7 Å². The van der Waals surface area contributed by atoms with Crippen LogP contribution in [-0.2, 0) is 17.0 Å². The summed E-state index contributed by atoms with van der Waals surface area (Å²) in [7, 11) is 0. The molecule has 18 heavy (non-hydrogen) atoms.